The Labute approximate surface area is 151 Å². The van der Waals surface area contributed by atoms with Gasteiger partial charge in [-0.2, -0.15) is 0 Å². The Bertz CT molecular complexity index is 591. The smallest absolute Gasteiger partial charge is 0.317 e. The van der Waals surface area contributed by atoms with Crippen LogP contribution >= 0.6 is 0 Å². The highest BCUT2D eigenvalue weighted by molar-refractivity contribution is 5.75. The van der Waals surface area contributed by atoms with E-state index in [1.54, 1.807) is 0 Å². The quantitative estimate of drug-likeness (QED) is 0.897. The van der Waals surface area contributed by atoms with Gasteiger partial charge in [-0.25, -0.2) is 4.79 Å². The molecular formula is C20H30N4O. The summed E-state index contributed by atoms with van der Waals surface area (Å²) >= 11 is 0. The van der Waals surface area contributed by atoms with Crippen LogP contribution in [0.15, 0.2) is 30.3 Å². The maximum absolute atomic E-state index is 12.9. The van der Waals surface area contributed by atoms with Crippen molar-refractivity contribution in [2.75, 3.05) is 50.7 Å². The minimum absolute atomic E-state index is 0.0428. The van der Waals surface area contributed by atoms with Gasteiger partial charge in [-0.3, -0.25) is 0 Å². The summed E-state index contributed by atoms with van der Waals surface area (Å²) in [6.07, 6.45) is 3.52. The second kappa shape index (κ2) is 6.87. The summed E-state index contributed by atoms with van der Waals surface area (Å²) in [5, 5.41) is 3.43. The minimum Gasteiger partial charge on any atom is -0.368 e. The van der Waals surface area contributed by atoms with Gasteiger partial charge in [0.15, 0.2) is 0 Å². The molecule has 136 valence electrons. The first-order valence-corrected chi connectivity index (χ1v) is 9.73. The van der Waals surface area contributed by atoms with E-state index in [1.807, 2.05) is 11.0 Å². The summed E-state index contributed by atoms with van der Waals surface area (Å²) in [5.41, 5.74) is 1.21. The molecule has 4 aliphatic heterocycles. The van der Waals surface area contributed by atoms with Crippen molar-refractivity contribution in [3.05, 3.63) is 30.3 Å². The third-order valence-corrected chi connectivity index (χ3v) is 6.52. The Kier molecular flexibility index (Phi) is 4.59. The summed E-state index contributed by atoms with van der Waals surface area (Å²) in [7, 11) is 0. The van der Waals surface area contributed by atoms with Gasteiger partial charge in [0.1, 0.15) is 0 Å². The molecule has 5 rings (SSSR count). The summed E-state index contributed by atoms with van der Waals surface area (Å²) in [5.74, 6) is 0.626. The first-order valence-electron chi connectivity index (χ1n) is 9.73. The van der Waals surface area contributed by atoms with Gasteiger partial charge in [0.2, 0.25) is 0 Å². The topological polar surface area (TPSA) is 38.8 Å². The molecule has 4 fully saturated rings. The summed E-state index contributed by atoms with van der Waals surface area (Å²) < 4.78 is 0. The lowest BCUT2D eigenvalue weighted by atomic mass is 9.79. The number of nitrogens with zero attached hydrogens (tertiary/aromatic N) is 3. The van der Waals surface area contributed by atoms with Gasteiger partial charge in [-0.05, 0) is 57.3 Å². The highest BCUT2D eigenvalue weighted by Gasteiger charge is 2.41. The number of carbonyl (C=O) groups is 1. The first kappa shape index (κ1) is 16.7. The van der Waals surface area contributed by atoms with Crippen molar-refractivity contribution >= 4 is 11.7 Å². The molecule has 1 aromatic rings. The molecule has 0 spiro atoms. The third-order valence-electron chi connectivity index (χ3n) is 6.52. The third kappa shape index (κ3) is 3.47. The molecule has 0 radical (unpaired) electrons. The van der Waals surface area contributed by atoms with Gasteiger partial charge in [0, 0.05) is 44.0 Å². The molecule has 0 aliphatic carbocycles. The van der Waals surface area contributed by atoms with E-state index < -0.39 is 0 Å². The Morgan fingerprint density at radius 1 is 1.00 bits per heavy atom. The van der Waals surface area contributed by atoms with Crippen LogP contribution in [0.1, 0.15) is 26.2 Å². The predicted octanol–water partition coefficient (Wildman–Crippen LogP) is 2.39. The fourth-order valence-electron chi connectivity index (χ4n) is 4.68. The Hall–Kier alpha value is -1.75. The number of anilines is 1. The number of hydrogen-bond acceptors (Lipinski definition) is 3. The number of nitrogens with one attached hydrogen (secondary N) is 1. The van der Waals surface area contributed by atoms with E-state index >= 15 is 0 Å². The second-order valence-electron chi connectivity index (χ2n) is 8.02. The summed E-state index contributed by atoms with van der Waals surface area (Å²) in [4.78, 5) is 19.8. The zero-order valence-electron chi connectivity index (χ0n) is 15.3. The molecule has 4 aliphatic rings. The molecule has 5 nitrogen and oxygen atoms in total. The van der Waals surface area contributed by atoms with Crippen LogP contribution in [0.3, 0.4) is 0 Å². The number of urea groups is 1. The van der Waals surface area contributed by atoms with Crippen LogP contribution in [0.25, 0.3) is 0 Å². The van der Waals surface area contributed by atoms with Crippen LogP contribution < -0.4 is 10.2 Å². The summed E-state index contributed by atoms with van der Waals surface area (Å²) in [6, 6.07) is 10.6. The van der Waals surface area contributed by atoms with Gasteiger partial charge in [-0.1, -0.05) is 18.2 Å². The molecule has 1 unspecified atom stereocenters. The average Bonchev–Trinajstić information content (AvgIpc) is 2.91. The number of piperidine rings is 1. The van der Waals surface area contributed by atoms with Gasteiger partial charge < -0.3 is 20.0 Å². The lowest BCUT2D eigenvalue weighted by Gasteiger charge is -2.41. The van der Waals surface area contributed by atoms with Gasteiger partial charge in [0.25, 0.3) is 0 Å². The van der Waals surface area contributed by atoms with Crippen molar-refractivity contribution < 1.29 is 4.79 Å². The van der Waals surface area contributed by atoms with E-state index in [9.17, 15) is 4.79 Å². The molecule has 5 heteroatoms. The van der Waals surface area contributed by atoms with Crippen molar-refractivity contribution in [2.45, 2.75) is 31.7 Å². The number of rotatable bonds is 2. The zero-order valence-corrected chi connectivity index (χ0v) is 15.3. The first-order chi connectivity index (χ1) is 12.1. The SMILES string of the molecule is CC1(NC(=O)N2CCN(c3ccccc3)CC2)CCN2CCC1CC2. The largest absolute Gasteiger partial charge is 0.368 e. The van der Waals surface area contributed by atoms with E-state index in [0.29, 0.717) is 5.92 Å². The molecule has 4 heterocycles. The predicted molar refractivity (Wildman–Crippen MR) is 101 cm³/mol. The standard InChI is InChI=1S/C20H30N4O/c1-20(9-12-22-10-7-17(20)8-11-22)21-19(25)24-15-13-23(14-16-24)18-5-3-2-4-6-18/h2-6,17H,7-16H2,1H3,(H,21,25). The van der Waals surface area contributed by atoms with Crippen LogP contribution in [0, 0.1) is 5.92 Å². The maximum Gasteiger partial charge on any atom is 0.317 e. The van der Waals surface area contributed by atoms with Crippen LogP contribution in [-0.2, 0) is 0 Å². The Balaban J connectivity index is 1.34. The van der Waals surface area contributed by atoms with Crippen LogP contribution in [0.4, 0.5) is 10.5 Å². The van der Waals surface area contributed by atoms with Crippen LogP contribution in [0.2, 0.25) is 0 Å². The molecule has 1 N–H and O–H groups in total. The van der Waals surface area contributed by atoms with Crippen LogP contribution in [-0.4, -0.2) is 67.2 Å². The fraction of sp³-hybridized carbons (Fsp3) is 0.650. The summed E-state index contributed by atoms with van der Waals surface area (Å²) in [6.45, 7) is 9.20. The van der Waals surface area contributed by atoms with E-state index in [-0.39, 0.29) is 11.6 Å². The Morgan fingerprint density at radius 2 is 1.68 bits per heavy atom. The number of fused-ring (bicyclic) bond motifs is 4. The molecule has 0 aromatic heterocycles. The van der Waals surface area contributed by atoms with Crippen molar-refractivity contribution in [2.24, 2.45) is 5.92 Å². The lowest BCUT2D eigenvalue weighted by Crippen LogP contribution is -2.58. The number of benzene rings is 1. The highest BCUT2D eigenvalue weighted by atomic mass is 16.2. The number of carbonyl (C=O) groups excluding carboxylic acids is 1. The molecule has 4 saturated heterocycles. The second-order valence-corrected chi connectivity index (χ2v) is 8.02. The van der Waals surface area contributed by atoms with E-state index in [0.717, 1.165) is 39.1 Å². The number of hydrogen-bond donors (Lipinski definition) is 1. The molecule has 25 heavy (non-hydrogen) atoms. The normalized spacial score (nSPS) is 32.4. The minimum atomic E-state index is -0.0428. The molecular weight excluding hydrogens is 312 g/mol. The van der Waals surface area contributed by atoms with Crippen molar-refractivity contribution in [3.63, 3.8) is 0 Å². The molecule has 1 atom stereocenters. The number of piperazine rings is 1. The van der Waals surface area contributed by atoms with Crippen molar-refractivity contribution in [1.29, 1.82) is 0 Å². The monoisotopic (exact) mass is 342 g/mol. The number of amides is 2. The molecule has 2 bridgehead atoms. The van der Waals surface area contributed by atoms with Crippen molar-refractivity contribution in [3.8, 4) is 0 Å². The van der Waals surface area contributed by atoms with Gasteiger partial charge in [0.05, 0.1) is 0 Å². The average molecular weight is 342 g/mol. The fourth-order valence-corrected chi connectivity index (χ4v) is 4.68. The van der Waals surface area contributed by atoms with Crippen molar-refractivity contribution in [1.82, 2.24) is 15.1 Å². The maximum atomic E-state index is 12.9. The van der Waals surface area contributed by atoms with Crippen LogP contribution in [0.5, 0.6) is 0 Å². The van der Waals surface area contributed by atoms with Gasteiger partial charge in [-0.15, -0.1) is 0 Å². The number of para-hydroxylation sites is 1. The zero-order chi connectivity index (χ0) is 17.3. The van der Waals surface area contributed by atoms with E-state index in [1.165, 1.54) is 31.6 Å². The van der Waals surface area contributed by atoms with Gasteiger partial charge >= 0.3 is 6.03 Å². The highest BCUT2D eigenvalue weighted by Crippen LogP contribution is 2.35. The molecule has 0 saturated carbocycles. The Morgan fingerprint density at radius 3 is 2.36 bits per heavy atom. The molecule has 1 aromatic carbocycles. The lowest BCUT2D eigenvalue weighted by molar-refractivity contribution is 0.153. The molecule has 2 amide bonds. The van der Waals surface area contributed by atoms with E-state index in [4.69, 9.17) is 0 Å². The van der Waals surface area contributed by atoms with E-state index in [2.05, 4.69) is 46.3 Å².